The first-order valence-corrected chi connectivity index (χ1v) is 4.60. The van der Waals surface area contributed by atoms with Crippen LogP contribution in [-0.2, 0) is 0 Å². The minimum Gasteiger partial charge on any atom is -0.230 e. The molecule has 0 bridgehead atoms. The first kappa shape index (κ1) is 8.02. The molecule has 1 unspecified atom stereocenters. The van der Waals surface area contributed by atoms with E-state index in [9.17, 15) is 0 Å². The molecular formula is C7H10ClNS. The number of halogens is 1. The van der Waals surface area contributed by atoms with Crippen LogP contribution in [0.3, 0.4) is 0 Å². The molecule has 0 saturated carbocycles. The van der Waals surface area contributed by atoms with Gasteiger partial charge in [0.15, 0.2) is 4.47 Å². The molecule has 0 aliphatic rings. The lowest BCUT2D eigenvalue weighted by atomic mass is 10.1. The Bertz CT molecular complexity index is 209. The number of hydrogen-bond donors (Lipinski definition) is 0. The molecule has 3 heteroatoms. The van der Waals surface area contributed by atoms with Gasteiger partial charge in [0.05, 0.1) is 5.69 Å². The van der Waals surface area contributed by atoms with E-state index in [-0.39, 0.29) is 0 Å². The molecule has 0 saturated heterocycles. The van der Waals surface area contributed by atoms with Crippen molar-refractivity contribution in [2.45, 2.75) is 26.2 Å². The monoisotopic (exact) mass is 175 g/mol. The van der Waals surface area contributed by atoms with Crippen LogP contribution in [0, 0.1) is 0 Å². The fourth-order valence-corrected chi connectivity index (χ4v) is 1.59. The van der Waals surface area contributed by atoms with Crippen LogP contribution in [0.25, 0.3) is 0 Å². The minimum atomic E-state index is 0.545. The molecule has 0 aliphatic carbocycles. The fraction of sp³-hybridized carbons (Fsp3) is 0.571. The lowest BCUT2D eigenvalue weighted by molar-refractivity contribution is 0.714. The molecule has 1 rings (SSSR count). The summed E-state index contributed by atoms with van der Waals surface area (Å²) in [5, 5.41) is 2.02. The van der Waals surface area contributed by atoms with Gasteiger partial charge >= 0.3 is 0 Å². The van der Waals surface area contributed by atoms with Crippen molar-refractivity contribution in [1.29, 1.82) is 0 Å². The Morgan fingerprint density at radius 1 is 1.80 bits per heavy atom. The maximum absolute atomic E-state index is 5.67. The number of thiazole rings is 1. The Kier molecular flexibility index (Phi) is 2.69. The van der Waals surface area contributed by atoms with Gasteiger partial charge in [0.1, 0.15) is 0 Å². The predicted molar refractivity (Wildman–Crippen MR) is 45.8 cm³/mol. The highest BCUT2D eigenvalue weighted by Crippen LogP contribution is 2.23. The Morgan fingerprint density at radius 3 is 2.90 bits per heavy atom. The second kappa shape index (κ2) is 3.35. The molecular weight excluding hydrogens is 166 g/mol. The van der Waals surface area contributed by atoms with Crippen molar-refractivity contribution in [1.82, 2.24) is 4.98 Å². The Hall–Kier alpha value is -0.0800. The van der Waals surface area contributed by atoms with E-state index < -0.39 is 0 Å². The highest BCUT2D eigenvalue weighted by molar-refractivity contribution is 7.13. The Morgan fingerprint density at radius 2 is 2.50 bits per heavy atom. The van der Waals surface area contributed by atoms with Crippen molar-refractivity contribution in [3.8, 4) is 0 Å². The maximum Gasteiger partial charge on any atom is 0.183 e. The van der Waals surface area contributed by atoms with Crippen molar-refractivity contribution in [2.75, 3.05) is 0 Å². The molecule has 0 aromatic carbocycles. The summed E-state index contributed by atoms with van der Waals surface area (Å²) >= 11 is 7.17. The highest BCUT2D eigenvalue weighted by Gasteiger charge is 2.05. The second-order valence-electron chi connectivity index (χ2n) is 2.33. The van der Waals surface area contributed by atoms with Gasteiger partial charge in [0.2, 0.25) is 0 Å². The van der Waals surface area contributed by atoms with Crippen LogP contribution in [0.1, 0.15) is 31.9 Å². The number of aromatic nitrogens is 1. The summed E-state index contributed by atoms with van der Waals surface area (Å²) in [6, 6.07) is 0. The fourth-order valence-electron chi connectivity index (χ4n) is 0.699. The topological polar surface area (TPSA) is 12.9 Å². The van der Waals surface area contributed by atoms with Gasteiger partial charge in [-0.05, 0) is 12.3 Å². The molecule has 0 N–H and O–H groups in total. The lowest BCUT2D eigenvalue weighted by Gasteiger charge is -2.01. The van der Waals surface area contributed by atoms with Gasteiger partial charge in [0, 0.05) is 5.38 Å². The van der Waals surface area contributed by atoms with Crippen LogP contribution in [-0.4, -0.2) is 4.98 Å². The molecule has 0 fully saturated rings. The van der Waals surface area contributed by atoms with Crippen LogP contribution in [0.5, 0.6) is 0 Å². The van der Waals surface area contributed by atoms with Crippen LogP contribution in [0.4, 0.5) is 0 Å². The molecule has 1 atom stereocenters. The summed E-state index contributed by atoms with van der Waals surface area (Å²) in [4.78, 5) is 4.17. The lowest BCUT2D eigenvalue weighted by Crippen LogP contribution is -1.89. The SMILES string of the molecule is CCC(C)c1csc(Cl)n1. The quantitative estimate of drug-likeness (QED) is 0.672. The zero-order valence-corrected chi connectivity index (χ0v) is 7.67. The molecule has 56 valence electrons. The largest absolute Gasteiger partial charge is 0.230 e. The van der Waals surface area contributed by atoms with E-state index in [1.165, 1.54) is 11.3 Å². The van der Waals surface area contributed by atoms with Gasteiger partial charge in [0.25, 0.3) is 0 Å². The van der Waals surface area contributed by atoms with Gasteiger partial charge in [-0.1, -0.05) is 25.4 Å². The predicted octanol–water partition coefficient (Wildman–Crippen LogP) is 3.31. The summed E-state index contributed by atoms with van der Waals surface area (Å²) in [7, 11) is 0. The third-order valence-electron chi connectivity index (χ3n) is 1.61. The summed E-state index contributed by atoms with van der Waals surface area (Å²) in [6.07, 6.45) is 1.13. The van der Waals surface area contributed by atoms with E-state index in [1.807, 2.05) is 5.38 Å². The standard InChI is InChI=1S/C7H10ClNS/c1-3-5(2)6-4-10-7(8)9-6/h4-5H,3H2,1-2H3. The maximum atomic E-state index is 5.67. The van der Waals surface area contributed by atoms with Crippen LogP contribution in [0.2, 0.25) is 4.47 Å². The number of nitrogens with zero attached hydrogens (tertiary/aromatic N) is 1. The number of rotatable bonds is 2. The van der Waals surface area contributed by atoms with E-state index in [0.29, 0.717) is 10.4 Å². The molecule has 1 heterocycles. The van der Waals surface area contributed by atoms with E-state index >= 15 is 0 Å². The van der Waals surface area contributed by atoms with Crippen LogP contribution >= 0.6 is 22.9 Å². The molecule has 10 heavy (non-hydrogen) atoms. The van der Waals surface area contributed by atoms with Gasteiger partial charge < -0.3 is 0 Å². The highest BCUT2D eigenvalue weighted by atomic mass is 35.5. The Balaban J connectivity index is 2.74. The number of hydrogen-bond acceptors (Lipinski definition) is 2. The van der Waals surface area contributed by atoms with Crippen molar-refractivity contribution in [2.24, 2.45) is 0 Å². The zero-order chi connectivity index (χ0) is 7.56. The van der Waals surface area contributed by atoms with Crippen molar-refractivity contribution >= 4 is 22.9 Å². The van der Waals surface area contributed by atoms with Crippen LogP contribution in [0.15, 0.2) is 5.38 Å². The molecule has 1 aromatic rings. The molecule has 1 nitrogen and oxygen atoms in total. The van der Waals surface area contributed by atoms with E-state index in [1.54, 1.807) is 0 Å². The normalized spacial score (nSPS) is 13.5. The van der Waals surface area contributed by atoms with Crippen molar-refractivity contribution < 1.29 is 0 Å². The summed E-state index contributed by atoms with van der Waals surface area (Å²) in [5.41, 5.74) is 1.12. The molecule has 0 radical (unpaired) electrons. The third kappa shape index (κ3) is 1.70. The summed E-state index contributed by atoms with van der Waals surface area (Å²) in [5.74, 6) is 0.545. The average molecular weight is 176 g/mol. The molecule has 0 amide bonds. The third-order valence-corrected chi connectivity index (χ3v) is 2.61. The molecule has 0 spiro atoms. The van der Waals surface area contributed by atoms with Gasteiger partial charge in [-0.3, -0.25) is 0 Å². The van der Waals surface area contributed by atoms with Gasteiger partial charge in [-0.2, -0.15) is 0 Å². The van der Waals surface area contributed by atoms with E-state index in [4.69, 9.17) is 11.6 Å². The van der Waals surface area contributed by atoms with Crippen molar-refractivity contribution in [3.05, 3.63) is 15.5 Å². The van der Waals surface area contributed by atoms with E-state index in [2.05, 4.69) is 18.8 Å². The summed E-state index contributed by atoms with van der Waals surface area (Å²) < 4.78 is 0.648. The van der Waals surface area contributed by atoms with E-state index in [0.717, 1.165) is 12.1 Å². The first-order chi connectivity index (χ1) is 4.74. The second-order valence-corrected chi connectivity index (χ2v) is 3.77. The molecule has 0 aliphatic heterocycles. The average Bonchev–Trinajstić information content (AvgIpc) is 2.34. The summed E-state index contributed by atoms with van der Waals surface area (Å²) in [6.45, 7) is 4.31. The smallest absolute Gasteiger partial charge is 0.183 e. The van der Waals surface area contributed by atoms with Gasteiger partial charge in [-0.25, -0.2) is 4.98 Å². The first-order valence-electron chi connectivity index (χ1n) is 3.35. The van der Waals surface area contributed by atoms with Crippen LogP contribution < -0.4 is 0 Å². The zero-order valence-electron chi connectivity index (χ0n) is 6.10. The minimum absolute atomic E-state index is 0.545. The van der Waals surface area contributed by atoms with Gasteiger partial charge in [-0.15, -0.1) is 11.3 Å². The Labute approximate surface area is 70.1 Å². The van der Waals surface area contributed by atoms with Crippen molar-refractivity contribution in [3.63, 3.8) is 0 Å². The molecule has 1 aromatic heterocycles.